The van der Waals surface area contributed by atoms with Gasteiger partial charge in [0.25, 0.3) is 0 Å². The molecule has 2 fully saturated rings. The fraction of sp³-hybridized carbons (Fsp3) is 0.812. The molecular weight excluding hydrogens is 304 g/mol. The lowest BCUT2D eigenvalue weighted by Crippen LogP contribution is -2.41. The van der Waals surface area contributed by atoms with Crippen molar-refractivity contribution in [2.24, 2.45) is 0 Å². The van der Waals surface area contributed by atoms with Crippen LogP contribution in [0.4, 0.5) is 4.79 Å². The highest BCUT2D eigenvalue weighted by Crippen LogP contribution is 2.24. The van der Waals surface area contributed by atoms with Gasteiger partial charge in [-0.25, -0.2) is 4.79 Å². The average molecular weight is 331 g/mol. The van der Waals surface area contributed by atoms with Crippen LogP contribution in [-0.2, 0) is 9.47 Å². The number of halogens is 1. The van der Waals surface area contributed by atoms with Crippen LogP contribution in [0.25, 0.3) is 0 Å². The Morgan fingerprint density at radius 3 is 2.32 bits per heavy atom. The van der Waals surface area contributed by atoms with Crippen LogP contribution >= 0.6 is 11.6 Å². The van der Waals surface area contributed by atoms with Gasteiger partial charge in [0.2, 0.25) is 0 Å². The molecule has 1 amide bonds. The number of hydrogen-bond donors (Lipinski definition) is 0. The molecule has 0 aromatic heterocycles. The number of ether oxygens (including phenoxy) is 2. The number of likely N-dealkylation sites (tertiary alicyclic amines) is 1. The van der Waals surface area contributed by atoms with E-state index in [-0.39, 0.29) is 6.09 Å². The molecule has 2 aliphatic heterocycles. The predicted octanol–water partition coefficient (Wildman–Crippen LogP) is 2.84. The monoisotopic (exact) mass is 330 g/mol. The van der Waals surface area contributed by atoms with E-state index in [9.17, 15) is 4.79 Å². The molecule has 2 aliphatic rings. The van der Waals surface area contributed by atoms with E-state index in [1.807, 2.05) is 20.8 Å². The van der Waals surface area contributed by atoms with E-state index in [1.54, 1.807) is 4.90 Å². The van der Waals surface area contributed by atoms with E-state index in [0.29, 0.717) is 13.1 Å². The summed E-state index contributed by atoms with van der Waals surface area (Å²) in [6, 6.07) is 0. The summed E-state index contributed by atoms with van der Waals surface area (Å²) in [5, 5.41) is 0.936. The number of morpholine rings is 1. The van der Waals surface area contributed by atoms with Gasteiger partial charge in [0.1, 0.15) is 5.60 Å². The molecule has 0 unspecified atom stereocenters. The minimum absolute atomic E-state index is 0.226. The Hall–Kier alpha value is -0.780. The van der Waals surface area contributed by atoms with Gasteiger partial charge in [0, 0.05) is 37.8 Å². The Morgan fingerprint density at radius 2 is 1.77 bits per heavy atom. The van der Waals surface area contributed by atoms with Gasteiger partial charge in [-0.2, -0.15) is 0 Å². The SMILES string of the molecule is CC(C)(C)OC(=O)N1CCC(=C(Cl)CN2CCOCC2)CC1. The number of carbonyl (C=O) groups is 1. The first kappa shape index (κ1) is 17.6. The second-order valence-electron chi connectivity index (χ2n) is 6.86. The number of rotatable bonds is 2. The highest BCUT2D eigenvalue weighted by molar-refractivity contribution is 6.30. The Bertz CT molecular complexity index is 416. The van der Waals surface area contributed by atoms with E-state index in [2.05, 4.69) is 4.90 Å². The molecule has 22 heavy (non-hydrogen) atoms. The van der Waals surface area contributed by atoms with Gasteiger partial charge in [-0.05, 0) is 33.6 Å². The number of hydrogen-bond acceptors (Lipinski definition) is 4. The fourth-order valence-electron chi connectivity index (χ4n) is 2.62. The molecule has 2 rings (SSSR count). The first-order valence-electron chi connectivity index (χ1n) is 7.99. The Labute approximate surface area is 138 Å². The Balaban J connectivity index is 1.82. The molecule has 0 aromatic carbocycles. The Morgan fingerprint density at radius 1 is 1.18 bits per heavy atom. The van der Waals surface area contributed by atoms with E-state index in [1.165, 1.54) is 5.57 Å². The summed E-state index contributed by atoms with van der Waals surface area (Å²) in [7, 11) is 0. The molecule has 0 bridgehead atoms. The van der Waals surface area contributed by atoms with Crippen molar-refractivity contribution >= 4 is 17.7 Å². The van der Waals surface area contributed by atoms with Crippen molar-refractivity contribution in [2.75, 3.05) is 45.9 Å². The zero-order valence-electron chi connectivity index (χ0n) is 13.9. The molecule has 6 heteroatoms. The smallest absolute Gasteiger partial charge is 0.410 e. The van der Waals surface area contributed by atoms with E-state index >= 15 is 0 Å². The number of nitrogens with zero attached hydrogens (tertiary/aromatic N) is 2. The molecule has 126 valence electrons. The molecule has 2 heterocycles. The van der Waals surface area contributed by atoms with Crippen molar-refractivity contribution in [3.8, 4) is 0 Å². The van der Waals surface area contributed by atoms with Crippen LogP contribution in [0.15, 0.2) is 10.6 Å². The summed E-state index contributed by atoms with van der Waals surface area (Å²) in [5.74, 6) is 0. The van der Waals surface area contributed by atoms with Crippen molar-refractivity contribution in [1.29, 1.82) is 0 Å². The summed E-state index contributed by atoms with van der Waals surface area (Å²) < 4.78 is 10.8. The molecule has 0 N–H and O–H groups in total. The van der Waals surface area contributed by atoms with Crippen LogP contribution in [0, 0.1) is 0 Å². The van der Waals surface area contributed by atoms with E-state index in [0.717, 1.165) is 50.7 Å². The van der Waals surface area contributed by atoms with Crippen molar-refractivity contribution in [3.63, 3.8) is 0 Å². The number of amides is 1. The molecule has 0 atom stereocenters. The zero-order valence-corrected chi connectivity index (χ0v) is 14.6. The first-order valence-corrected chi connectivity index (χ1v) is 8.37. The Kier molecular flexibility index (Phi) is 6.12. The maximum atomic E-state index is 12.0. The topological polar surface area (TPSA) is 42.0 Å². The van der Waals surface area contributed by atoms with Crippen LogP contribution < -0.4 is 0 Å². The van der Waals surface area contributed by atoms with E-state index in [4.69, 9.17) is 21.1 Å². The third kappa shape index (κ3) is 5.45. The minimum atomic E-state index is -0.443. The molecule has 0 saturated carbocycles. The highest BCUT2D eigenvalue weighted by Gasteiger charge is 2.25. The molecular formula is C16H27ClN2O3. The molecule has 5 nitrogen and oxygen atoms in total. The van der Waals surface area contributed by atoms with Gasteiger partial charge in [0.15, 0.2) is 0 Å². The second-order valence-corrected chi connectivity index (χ2v) is 7.32. The largest absolute Gasteiger partial charge is 0.444 e. The summed E-state index contributed by atoms with van der Waals surface area (Å²) in [6.45, 7) is 11.3. The quantitative estimate of drug-likeness (QED) is 0.780. The maximum Gasteiger partial charge on any atom is 0.410 e. The first-order chi connectivity index (χ1) is 10.3. The third-order valence-corrected chi connectivity index (χ3v) is 4.26. The molecule has 0 aliphatic carbocycles. The van der Waals surface area contributed by atoms with Crippen molar-refractivity contribution in [3.05, 3.63) is 10.6 Å². The lowest BCUT2D eigenvalue weighted by molar-refractivity contribution is 0.0235. The lowest BCUT2D eigenvalue weighted by Gasteiger charge is -2.32. The molecule has 0 aromatic rings. The van der Waals surface area contributed by atoms with Crippen molar-refractivity contribution in [2.45, 2.75) is 39.2 Å². The minimum Gasteiger partial charge on any atom is -0.444 e. The highest BCUT2D eigenvalue weighted by atomic mass is 35.5. The van der Waals surface area contributed by atoms with Crippen molar-refractivity contribution < 1.29 is 14.3 Å². The summed E-state index contributed by atoms with van der Waals surface area (Å²) in [5.41, 5.74) is 0.828. The van der Waals surface area contributed by atoms with Gasteiger partial charge < -0.3 is 14.4 Å². The van der Waals surface area contributed by atoms with Gasteiger partial charge >= 0.3 is 6.09 Å². The van der Waals surface area contributed by atoms with Crippen LogP contribution in [0.2, 0.25) is 0 Å². The number of piperidine rings is 1. The fourth-order valence-corrected chi connectivity index (χ4v) is 2.98. The average Bonchev–Trinajstić information content (AvgIpc) is 2.46. The zero-order chi connectivity index (χ0) is 16.2. The van der Waals surface area contributed by atoms with Gasteiger partial charge in [-0.15, -0.1) is 0 Å². The second kappa shape index (κ2) is 7.66. The predicted molar refractivity (Wildman–Crippen MR) is 87.2 cm³/mol. The normalized spacial score (nSPS) is 20.9. The van der Waals surface area contributed by atoms with Crippen LogP contribution in [-0.4, -0.2) is 67.4 Å². The third-order valence-electron chi connectivity index (χ3n) is 3.87. The molecule has 0 spiro atoms. The summed E-state index contributed by atoms with van der Waals surface area (Å²) >= 11 is 6.49. The van der Waals surface area contributed by atoms with Gasteiger partial charge in [-0.1, -0.05) is 17.2 Å². The van der Waals surface area contributed by atoms with Crippen LogP contribution in [0.5, 0.6) is 0 Å². The summed E-state index contributed by atoms with van der Waals surface area (Å²) in [6.07, 6.45) is 1.45. The van der Waals surface area contributed by atoms with Crippen molar-refractivity contribution in [1.82, 2.24) is 9.80 Å². The van der Waals surface area contributed by atoms with Gasteiger partial charge in [0.05, 0.1) is 13.2 Å². The molecule has 0 radical (unpaired) electrons. The van der Waals surface area contributed by atoms with Gasteiger partial charge in [-0.3, -0.25) is 4.90 Å². The molecule has 2 saturated heterocycles. The lowest BCUT2D eigenvalue weighted by atomic mass is 10.0. The summed E-state index contributed by atoms with van der Waals surface area (Å²) in [4.78, 5) is 16.1. The number of carbonyl (C=O) groups excluding carboxylic acids is 1. The van der Waals surface area contributed by atoms with Crippen LogP contribution in [0.3, 0.4) is 0 Å². The van der Waals surface area contributed by atoms with Crippen LogP contribution in [0.1, 0.15) is 33.6 Å². The maximum absolute atomic E-state index is 12.0. The standard InChI is InChI=1S/C16H27ClN2O3/c1-16(2,3)22-15(20)19-6-4-13(5-7-19)14(17)12-18-8-10-21-11-9-18/h4-12H2,1-3H3. The van der Waals surface area contributed by atoms with E-state index < -0.39 is 5.60 Å².